The van der Waals surface area contributed by atoms with E-state index in [1.54, 1.807) is 0 Å². The minimum atomic E-state index is 0.0205. The number of aliphatic hydroxyl groups is 1. The molecule has 0 bridgehead atoms. The van der Waals surface area contributed by atoms with E-state index in [-0.39, 0.29) is 6.10 Å². The minimum absolute atomic E-state index is 0.0205. The first-order valence-corrected chi connectivity index (χ1v) is 4.86. The highest BCUT2D eigenvalue weighted by molar-refractivity contribution is 4.74. The molecule has 0 heterocycles. The lowest BCUT2D eigenvalue weighted by molar-refractivity contribution is 0.176. The molecule has 1 nitrogen and oxygen atoms in total. The second-order valence-electron chi connectivity index (χ2n) is 4.30. The molecule has 2 unspecified atom stereocenters. The van der Waals surface area contributed by atoms with Crippen LogP contribution >= 0.6 is 0 Å². The summed E-state index contributed by atoms with van der Waals surface area (Å²) >= 11 is 0. The van der Waals surface area contributed by atoms with Gasteiger partial charge in [-0.3, -0.25) is 0 Å². The van der Waals surface area contributed by atoms with E-state index >= 15 is 0 Å². The Balaban J connectivity index is 2.08. The van der Waals surface area contributed by atoms with Crippen molar-refractivity contribution >= 4 is 0 Å². The van der Waals surface area contributed by atoms with E-state index in [9.17, 15) is 5.11 Å². The maximum Gasteiger partial charge on any atom is 0.0543 e. The summed E-state index contributed by atoms with van der Waals surface area (Å²) in [4.78, 5) is 0. The summed E-state index contributed by atoms with van der Waals surface area (Å²) in [5, 5.41) is 9.26. The Kier molecular flexibility index (Phi) is 3.38. The van der Waals surface area contributed by atoms with Crippen LogP contribution in [0, 0.1) is 11.8 Å². The van der Waals surface area contributed by atoms with Crippen molar-refractivity contribution in [2.24, 2.45) is 11.8 Å². The molecule has 11 heavy (non-hydrogen) atoms. The van der Waals surface area contributed by atoms with Gasteiger partial charge in [0, 0.05) is 0 Å². The molecule has 0 aromatic heterocycles. The highest BCUT2D eigenvalue weighted by Crippen LogP contribution is 2.29. The van der Waals surface area contributed by atoms with Gasteiger partial charge in [-0.05, 0) is 31.1 Å². The second kappa shape index (κ2) is 4.10. The molecule has 1 heteroatoms. The molecule has 0 radical (unpaired) electrons. The number of aliphatic hydroxyl groups excluding tert-OH is 1. The first kappa shape index (κ1) is 9.05. The predicted octanol–water partition coefficient (Wildman–Crippen LogP) is 2.58. The number of hydrogen-bond acceptors (Lipinski definition) is 1. The molecule has 0 spiro atoms. The molecular weight excluding hydrogens is 136 g/mol. The Bertz CT molecular complexity index is 109. The zero-order chi connectivity index (χ0) is 8.27. The molecule has 1 aliphatic rings. The number of hydrogen-bond donors (Lipinski definition) is 1. The minimum Gasteiger partial charge on any atom is -0.393 e. The van der Waals surface area contributed by atoms with Gasteiger partial charge in [-0.1, -0.05) is 26.7 Å². The molecule has 1 saturated carbocycles. The molecule has 0 amide bonds. The molecule has 1 rings (SSSR count). The van der Waals surface area contributed by atoms with Gasteiger partial charge >= 0.3 is 0 Å². The van der Waals surface area contributed by atoms with Crippen molar-refractivity contribution < 1.29 is 5.11 Å². The summed E-state index contributed by atoms with van der Waals surface area (Å²) in [7, 11) is 0. The fourth-order valence-electron chi connectivity index (χ4n) is 1.88. The lowest BCUT2D eigenvalue weighted by Crippen LogP contribution is -2.01. The van der Waals surface area contributed by atoms with Crippen LogP contribution in [0.2, 0.25) is 0 Å². The van der Waals surface area contributed by atoms with Crippen LogP contribution < -0.4 is 0 Å². The molecule has 0 aliphatic heterocycles. The van der Waals surface area contributed by atoms with Gasteiger partial charge < -0.3 is 5.11 Å². The van der Waals surface area contributed by atoms with Gasteiger partial charge in [-0.15, -0.1) is 0 Å². The van der Waals surface area contributed by atoms with E-state index in [2.05, 4.69) is 13.8 Å². The van der Waals surface area contributed by atoms with Crippen molar-refractivity contribution in [2.75, 3.05) is 0 Å². The topological polar surface area (TPSA) is 20.2 Å². The van der Waals surface area contributed by atoms with Crippen molar-refractivity contribution in [3.8, 4) is 0 Å². The maximum atomic E-state index is 9.26. The normalized spacial score (nSPS) is 31.6. The van der Waals surface area contributed by atoms with Crippen LogP contribution in [0.1, 0.15) is 46.0 Å². The summed E-state index contributed by atoms with van der Waals surface area (Å²) in [5.41, 5.74) is 0. The average Bonchev–Trinajstić information content (AvgIpc) is 2.31. The Labute approximate surface area is 69.8 Å². The van der Waals surface area contributed by atoms with Gasteiger partial charge in [0.15, 0.2) is 0 Å². The van der Waals surface area contributed by atoms with E-state index < -0.39 is 0 Å². The zero-order valence-corrected chi connectivity index (χ0v) is 7.71. The van der Waals surface area contributed by atoms with Gasteiger partial charge in [0.1, 0.15) is 0 Å². The van der Waals surface area contributed by atoms with Gasteiger partial charge in [0.2, 0.25) is 0 Å². The summed E-state index contributed by atoms with van der Waals surface area (Å²) < 4.78 is 0. The fourth-order valence-corrected chi connectivity index (χ4v) is 1.88. The Morgan fingerprint density at radius 3 is 2.55 bits per heavy atom. The predicted molar refractivity (Wildman–Crippen MR) is 47.4 cm³/mol. The lowest BCUT2D eigenvalue weighted by atomic mass is 9.97. The molecule has 1 N–H and O–H groups in total. The van der Waals surface area contributed by atoms with Gasteiger partial charge in [-0.2, -0.15) is 0 Å². The standard InChI is InChI=1S/C10H20O/c1-8(2)3-4-9-5-6-10(11)7-9/h8-11H,3-7H2,1-2H3. The van der Waals surface area contributed by atoms with E-state index in [4.69, 9.17) is 0 Å². The molecule has 1 fully saturated rings. The van der Waals surface area contributed by atoms with Crippen LogP contribution in [-0.2, 0) is 0 Å². The Morgan fingerprint density at radius 2 is 2.09 bits per heavy atom. The lowest BCUT2D eigenvalue weighted by Gasteiger charge is -2.10. The maximum absolute atomic E-state index is 9.26. The highest BCUT2D eigenvalue weighted by Gasteiger charge is 2.22. The van der Waals surface area contributed by atoms with Crippen molar-refractivity contribution in [1.82, 2.24) is 0 Å². The van der Waals surface area contributed by atoms with E-state index in [1.165, 1.54) is 19.3 Å². The molecule has 66 valence electrons. The molecule has 0 saturated heterocycles. The summed E-state index contributed by atoms with van der Waals surface area (Å²) in [6.45, 7) is 4.54. The van der Waals surface area contributed by atoms with Crippen LogP contribution in [0.5, 0.6) is 0 Å². The van der Waals surface area contributed by atoms with Crippen LogP contribution in [0.15, 0.2) is 0 Å². The molecule has 2 atom stereocenters. The molecule has 0 aromatic carbocycles. The highest BCUT2D eigenvalue weighted by atomic mass is 16.3. The first-order chi connectivity index (χ1) is 5.18. The Morgan fingerprint density at radius 1 is 1.36 bits per heavy atom. The summed E-state index contributed by atoms with van der Waals surface area (Å²) in [6.07, 6.45) is 6.04. The monoisotopic (exact) mass is 156 g/mol. The molecule has 1 aliphatic carbocycles. The average molecular weight is 156 g/mol. The zero-order valence-electron chi connectivity index (χ0n) is 7.71. The first-order valence-electron chi connectivity index (χ1n) is 4.86. The largest absolute Gasteiger partial charge is 0.393 e. The van der Waals surface area contributed by atoms with Crippen molar-refractivity contribution in [3.05, 3.63) is 0 Å². The summed E-state index contributed by atoms with van der Waals surface area (Å²) in [5.74, 6) is 1.65. The SMILES string of the molecule is CC(C)CCC1CCC(O)C1. The van der Waals surface area contributed by atoms with Gasteiger partial charge in [0.05, 0.1) is 6.10 Å². The van der Waals surface area contributed by atoms with E-state index in [1.807, 2.05) is 0 Å². The van der Waals surface area contributed by atoms with Crippen LogP contribution in [0.4, 0.5) is 0 Å². The third-order valence-corrected chi connectivity index (χ3v) is 2.67. The van der Waals surface area contributed by atoms with Crippen LogP contribution in [0.25, 0.3) is 0 Å². The molecule has 0 aromatic rings. The summed E-state index contributed by atoms with van der Waals surface area (Å²) in [6, 6.07) is 0. The third-order valence-electron chi connectivity index (χ3n) is 2.67. The van der Waals surface area contributed by atoms with Crippen molar-refractivity contribution in [2.45, 2.75) is 52.1 Å². The van der Waals surface area contributed by atoms with E-state index in [0.717, 1.165) is 24.7 Å². The second-order valence-corrected chi connectivity index (χ2v) is 4.30. The molecular formula is C10H20O. The quantitative estimate of drug-likeness (QED) is 0.666. The van der Waals surface area contributed by atoms with E-state index in [0.29, 0.717) is 0 Å². The number of rotatable bonds is 3. The van der Waals surface area contributed by atoms with Crippen LogP contribution in [-0.4, -0.2) is 11.2 Å². The third kappa shape index (κ3) is 3.24. The van der Waals surface area contributed by atoms with Gasteiger partial charge in [0.25, 0.3) is 0 Å². The van der Waals surface area contributed by atoms with Crippen molar-refractivity contribution in [1.29, 1.82) is 0 Å². The van der Waals surface area contributed by atoms with Crippen LogP contribution in [0.3, 0.4) is 0 Å². The van der Waals surface area contributed by atoms with Gasteiger partial charge in [-0.25, -0.2) is 0 Å². The fraction of sp³-hybridized carbons (Fsp3) is 1.00. The van der Waals surface area contributed by atoms with Crippen molar-refractivity contribution in [3.63, 3.8) is 0 Å². The Hall–Kier alpha value is -0.0400. The smallest absolute Gasteiger partial charge is 0.0543 e.